The second-order valence-corrected chi connectivity index (χ2v) is 1.91. The van der Waals surface area contributed by atoms with Crippen molar-refractivity contribution in [3.05, 3.63) is 6.92 Å². The van der Waals surface area contributed by atoms with E-state index in [0.29, 0.717) is 13.1 Å². The summed E-state index contributed by atoms with van der Waals surface area (Å²) < 4.78 is 0. The molecular formula is C5H9N2O2. The lowest BCUT2D eigenvalue weighted by Crippen LogP contribution is -2.35. The van der Waals surface area contributed by atoms with Crippen molar-refractivity contribution in [1.29, 1.82) is 0 Å². The third kappa shape index (κ3) is 1.13. The van der Waals surface area contributed by atoms with Crippen molar-refractivity contribution in [3.63, 3.8) is 0 Å². The van der Waals surface area contributed by atoms with Crippen molar-refractivity contribution >= 4 is 6.03 Å². The number of hydrogen-bond acceptors (Lipinski definition) is 2. The van der Waals surface area contributed by atoms with Crippen molar-refractivity contribution in [2.24, 2.45) is 0 Å². The monoisotopic (exact) mass is 129 g/mol. The maximum atomic E-state index is 10.6. The quantitative estimate of drug-likeness (QED) is 0.485. The minimum absolute atomic E-state index is 0.238. The highest BCUT2D eigenvalue weighted by Crippen LogP contribution is 1.99. The summed E-state index contributed by atoms with van der Waals surface area (Å²) in [6.45, 7) is 4.44. The van der Waals surface area contributed by atoms with E-state index < -0.39 is 6.23 Å². The number of carbonyl (C=O) groups excluding carboxylic acids is 1. The molecule has 2 N–H and O–H groups in total. The molecule has 1 aliphatic heterocycles. The predicted molar refractivity (Wildman–Crippen MR) is 31.5 cm³/mol. The molecule has 0 aromatic carbocycles. The molecule has 1 heterocycles. The van der Waals surface area contributed by atoms with E-state index in [-0.39, 0.29) is 6.03 Å². The first-order valence-corrected chi connectivity index (χ1v) is 2.77. The Hall–Kier alpha value is -0.770. The van der Waals surface area contributed by atoms with Crippen LogP contribution in [0.1, 0.15) is 0 Å². The lowest BCUT2D eigenvalue weighted by atomic mass is 10.5. The van der Waals surface area contributed by atoms with Gasteiger partial charge in [0.05, 0.1) is 0 Å². The highest BCUT2D eigenvalue weighted by molar-refractivity contribution is 5.76. The van der Waals surface area contributed by atoms with Gasteiger partial charge in [0.25, 0.3) is 0 Å². The summed E-state index contributed by atoms with van der Waals surface area (Å²) in [5.41, 5.74) is 0. The van der Waals surface area contributed by atoms with Gasteiger partial charge in [0.2, 0.25) is 0 Å². The average Bonchev–Trinajstić information content (AvgIpc) is 2.13. The van der Waals surface area contributed by atoms with Crippen LogP contribution in [-0.2, 0) is 0 Å². The van der Waals surface area contributed by atoms with Crippen LogP contribution in [0.15, 0.2) is 0 Å². The predicted octanol–water partition coefficient (Wildman–Crippen LogP) is -0.836. The third-order valence-electron chi connectivity index (χ3n) is 1.25. The lowest BCUT2D eigenvalue weighted by molar-refractivity contribution is 0.0808. The van der Waals surface area contributed by atoms with Crippen LogP contribution in [0.3, 0.4) is 0 Å². The summed E-state index contributed by atoms with van der Waals surface area (Å²) in [4.78, 5) is 11.9. The summed E-state index contributed by atoms with van der Waals surface area (Å²) >= 11 is 0. The smallest absolute Gasteiger partial charge is 0.319 e. The van der Waals surface area contributed by atoms with Gasteiger partial charge < -0.3 is 10.4 Å². The van der Waals surface area contributed by atoms with Crippen LogP contribution in [0.4, 0.5) is 4.79 Å². The van der Waals surface area contributed by atoms with E-state index in [9.17, 15) is 4.79 Å². The fourth-order valence-corrected chi connectivity index (χ4v) is 0.771. The Kier molecular flexibility index (Phi) is 1.57. The summed E-state index contributed by atoms with van der Waals surface area (Å²) in [7, 11) is 0. The van der Waals surface area contributed by atoms with Crippen molar-refractivity contribution in [2.75, 3.05) is 13.1 Å². The topological polar surface area (TPSA) is 52.6 Å². The van der Waals surface area contributed by atoms with Crippen LogP contribution < -0.4 is 5.32 Å². The zero-order valence-electron chi connectivity index (χ0n) is 5.00. The van der Waals surface area contributed by atoms with Gasteiger partial charge in [-0.3, -0.25) is 4.90 Å². The fourth-order valence-electron chi connectivity index (χ4n) is 0.771. The molecule has 4 nitrogen and oxygen atoms in total. The number of rotatable bonds is 1. The normalized spacial score (nSPS) is 22.0. The summed E-state index contributed by atoms with van der Waals surface area (Å²) in [6.07, 6.45) is -0.910. The third-order valence-corrected chi connectivity index (χ3v) is 1.25. The second-order valence-electron chi connectivity index (χ2n) is 1.91. The molecule has 1 rings (SSSR count). The fraction of sp³-hybridized carbons (Fsp3) is 0.600. The Labute approximate surface area is 53.5 Å². The van der Waals surface area contributed by atoms with Crippen molar-refractivity contribution in [3.8, 4) is 0 Å². The zero-order chi connectivity index (χ0) is 6.85. The summed E-state index contributed by atoms with van der Waals surface area (Å²) in [5.74, 6) is 0. The largest absolute Gasteiger partial charge is 0.373 e. The minimum Gasteiger partial charge on any atom is -0.373 e. The van der Waals surface area contributed by atoms with Gasteiger partial charge >= 0.3 is 6.03 Å². The van der Waals surface area contributed by atoms with E-state index in [4.69, 9.17) is 5.11 Å². The Bertz CT molecular complexity index is 124. The van der Waals surface area contributed by atoms with E-state index in [1.54, 1.807) is 0 Å². The maximum Gasteiger partial charge on any atom is 0.319 e. The number of aliphatic hydroxyl groups is 1. The molecule has 1 aliphatic rings. The maximum absolute atomic E-state index is 10.6. The van der Waals surface area contributed by atoms with Gasteiger partial charge in [0.15, 0.2) is 0 Å². The molecule has 1 saturated heterocycles. The first-order valence-electron chi connectivity index (χ1n) is 2.77. The van der Waals surface area contributed by atoms with Crippen LogP contribution in [0, 0.1) is 6.92 Å². The zero-order valence-corrected chi connectivity index (χ0v) is 5.00. The highest BCUT2D eigenvalue weighted by atomic mass is 16.3. The molecule has 1 atom stereocenters. The van der Waals surface area contributed by atoms with Crippen LogP contribution in [-0.4, -0.2) is 35.4 Å². The molecule has 0 aromatic rings. The van der Waals surface area contributed by atoms with Gasteiger partial charge in [-0.2, -0.15) is 0 Å². The summed E-state index contributed by atoms with van der Waals surface area (Å²) in [6, 6.07) is -0.238. The Morgan fingerprint density at radius 2 is 2.56 bits per heavy atom. The van der Waals surface area contributed by atoms with E-state index in [0.717, 1.165) is 0 Å². The molecule has 51 valence electrons. The summed E-state index contributed by atoms with van der Waals surface area (Å²) in [5, 5.41) is 11.3. The van der Waals surface area contributed by atoms with E-state index in [2.05, 4.69) is 12.2 Å². The van der Waals surface area contributed by atoms with E-state index in [1.165, 1.54) is 4.90 Å². The van der Waals surface area contributed by atoms with Crippen LogP contribution in [0.25, 0.3) is 0 Å². The molecule has 0 saturated carbocycles. The van der Waals surface area contributed by atoms with Crippen LogP contribution in [0.5, 0.6) is 0 Å². The van der Waals surface area contributed by atoms with Gasteiger partial charge in [0, 0.05) is 13.1 Å². The Morgan fingerprint density at radius 3 is 2.78 bits per heavy atom. The molecule has 1 unspecified atom stereocenters. The Balaban J connectivity index is 2.49. The molecule has 1 radical (unpaired) electrons. The SMILES string of the molecule is [CH2]C(O)N1CCNC1=O. The van der Waals surface area contributed by atoms with Gasteiger partial charge in [-0.15, -0.1) is 0 Å². The van der Waals surface area contributed by atoms with Gasteiger partial charge in [0.1, 0.15) is 6.23 Å². The highest BCUT2D eigenvalue weighted by Gasteiger charge is 2.22. The standard InChI is InChI=1S/C5H9N2O2/c1-4(8)7-3-2-6-5(7)9/h4,8H,1-3H2,(H,6,9). The second kappa shape index (κ2) is 2.23. The number of aliphatic hydroxyl groups excluding tert-OH is 1. The molecule has 2 amide bonds. The molecule has 1 fully saturated rings. The minimum atomic E-state index is -0.910. The van der Waals surface area contributed by atoms with Gasteiger partial charge in [-0.25, -0.2) is 4.79 Å². The van der Waals surface area contributed by atoms with Crippen molar-refractivity contribution < 1.29 is 9.90 Å². The Morgan fingerprint density at radius 1 is 1.89 bits per heavy atom. The molecular weight excluding hydrogens is 120 g/mol. The number of nitrogens with zero attached hydrogens (tertiary/aromatic N) is 1. The van der Waals surface area contributed by atoms with E-state index in [1.807, 2.05) is 0 Å². The lowest BCUT2D eigenvalue weighted by Gasteiger charge is -2.16. The average molecular weight is 129 g/mol. The van der Waals surface area contributed by atoms with Crippen LogP contribution in [0.2, 0.25) is 0 Å². The van der Waals surface area contributed by atoms with Crippen LogP contribution >= 0.6 is 0 Å². The molecule has 0 bridgehead atoms. The molecule has 0 aromatic heterocycles. The number of hydrogen-bond donors (Lipinski definition) is 2. The number of urea groups is 1. The molecule has 0 spiro atoms. The molecule has 0 aliphatic carbocycles. The number of carbonyl (C=O) groups is 1. The molecule has 9 heavy (non-hydrogen) atoms. The first kappa shape index (κ1) is 6.35. The number of amides is 2. The molecule has 4 heteroatoms. The van der Waals surface area contributed by atoms with Gasteiger partial charge in [-0.05, 0) is 6.92 Å². The van der Waals surface area contributed by atoms with Crippen molar-refractivity contribution in [1.82, 2.24) is 10.2 Å². The van der Waals surface area contributed by atoms with Crippen molar-refractivity contribution in [2.45, 2.75) is 6.23 Å². The van der Waals surface area contributed by atoms with Gasteiger partial charge in [-0.1, -0.05) is 0 Å². The van der Waals surface area contributed by atoms with E-state index >= 15 is 0 Å². The number of nitrogens with one attached hydrogen (secondary N) is 1. The first-order chi connectivity index (χ1) is 4.22.